The molecular formula is C20H28N4O4S2. The van der Waals surface area contributed by atoms with Crippen LogP contribution in [0.5, 0.6) is 0 Å². The number of carbonyl (C=O) groups is 3. The molecule has 2 amide bonds. The molecule has 2 rings (SSSR count). The van der Waals surface area contributed by atoms with Crippen LogP contribution in [0.1, 0.15) is 44.8 Å². The molecule has 10 heteroatoms. The van der Waals surface area contributed by atoms with Gasteiger partial charge in [0, 0.05) is 17.2 Å². The second kappa shape index (κ2) is 10.7. The first kappa shape index (κ1) is 24.1. The van der Waals surface area contributed by atoms with Crippen molar-refractivity contribution in [1.29, 1.82) is 0 Å². The fourth-order valence-corrected chi connectivity index (χ4v) is 4.38. The van der Waals surface area contributed by atoms with Gasteiger partial charge in [-0.05, 0) is 19.8 Å². The zero-order valence-corrected chi connectivity index (χ0v) is 19.3. The number of ether oxygens (including phenoxy) is 1. The van der Waals surface area contributed by atoms with Crippen LogP contribution in [0, 0.1) is 5.92 Å². The predicted molar refractivity (Wildman–Crippen MR) is 120 cm³/mol. The van der Waals surface area contributed by atoms with E-state index in [0.29, 0.717) is 23.8 Å². The minimum Gasteiger partial charge on any atom is -0.460 e. The molecule has 0 saturated carbocycles. The largest absolute Gasteiger partial charge is 0.460 e. The van der Waals surface area contributed by atoms with Crippen molar-refractivity contribution in [2.75, 3.05) is 5.75 Å². The maximum Gasteiger partial charge on any atom is 0.293 e. The van der Waals surface area contributed by atoms with Gasteiger partial charge < -0.3 is 15.4 Å². The Balaban J connectivity index is 1.95. The van der Waals surface area contributed by atoms with Crippen LogP contribution in [0.15, 0.2) is 23.0 Å². The van der Waals surface area contributed by atoms with E-state index < -0.39 is 11.6 Å². The number of hydrogen-bond acceptors (Lipinski definition) is 8. The van der Waals surface area contributed by atoms with Crippen molar-refractivity contribution in [1.82, 2.24) is 15.6 Å². The van der Waals surface area contributed by atoms with Crippen LogP contribution in [0.3, 0.4) is 0 Å². The predicted octanol–water partition coefficient (Wildman–Crippen LogP) is 2.29. The van der Waals surface area contributed by atoms with Crippen molar-refractivity contribution in [2.45, 2.75) is 58.3 Å². The highest BCUT2D eigenvalue weighted by Gasteiger charge is 2.39. The van der Waals surface area contributed by atoms with Crippen LogP contribution in [-0.2, 0) is 25.7 Å². The fourth-order valence-electron chi connectivity index (χ4n) is 2.45. The van der Waals surface area contributed by atoms with Gasteiger partial charge in [0.15, 0.2) is 0 Å². The van der Waals surface area contributed by atoms with Crippen molar-refractivity contribution in [3.05, 3.63) is 28.7 Å². The first-order chi connectivity index (χ1) is 14.2. The third-order valence-corrected chi connectivity index (χ3v) is 6.90. The number of rotatable bonds is 11. The molecule has 3 atom stereocenters. The summed E-state index contributed by atoms with van der Waals surface area (Å²) in [5.41, 5.74) is -0.115. The van der Waals surface area contributed by atoms with E-state index in [0.717, 1.165) is 10.1 Å². The number of nitrogens with zero attached hydrogens (tertiary/aromatic N) is 2. The summed E-state index contributed by atoms with van der Waals surface area (Å²) < 4.78 is 4.74. The molecule has 0 fully saturated rings. The Morgan fingerprint density at radius 1 is 1.40 bits per heavy atom. The van der Waals surface area contributed by atoms with E-state index in [4.69, 9.17) is 4.74 Å². The van der Waals surface area contributed by atoms with Crippen molar-refractivity contribution < 1.29 is 19.1 Å². The summed E-state index contributed by atoms with van der Waals surface area (Å²) in [6, 6.07) is 0.0747. The second-order valence-electron chi connectivity index (χ2n) is 7.60. The van der Waals surface area contributed by atoms with Crippen LogP contribution < -0.4 is 10.6 Å². The topological polar surface area (TPSA) is 110 Å². The minimum absolute atomic E-state index is 0.00526. The van der Waals surface area contributed by atoms with Crippen LogP contribution in [0.2, 0.25) is 0 Å². The van der Waals surface area contributed by atoms with Crippen molar-refractivity contribution in [3.63, 3.8) is 0 Å². The average molecular weight is 453 g/mol. The van der Waals surface area contributed by atoms with Gasteiger partial charge in [0.2, 0.25) is 11.8 Å². The van der Waals surface area contributed by atoms with E-state index in [2.05, 4.69) is 41.0 Å². The summed E-state index contributed by atoms with van der Waals surface area (Å²) in [6.45, 7) is 12.0. The molecule has 1 aromatic rings. The summed E-state index contributed by atoms with van der Waals surface area (Å²) in [6.07, 6.45) is 0.756. The molecule has 1 aromatic heterocycles. The first-order valence-corrected chi connectivity index (χ1v) is 11.5. The maximum absolute atomic E-state index is 12.7. The second-order valence-corrected chi connectivity index (χ2v) is 9.51. The summed E-state index contributed by atoms with van der Waals surface area (Å²) in [5, 5.41) is 9.10. The number of nitrogens with one attached hydrogen (secondary N) is 2. The lowest BCUT2D eigenvalue weighted by Gasteiger charge is -2.24. The van der Waals surface area contributed by atoms with Crippen LogP contribution in [-0.4, -0.2) is 51.8 Å². The van der Waals surface area contributed by atoms with Gasteiger partial charge in [-0.3, -0.25) is 19.4 Å². The Kier molecular flexibility index (Phi) is 8.60. The van der Waals surface area contributed by atoms with E-state index >= 15 is 0 Å². The summed E-state index contributed by atoms with van der Waals surface area (Å²) in [5.74, 6) is 0.554. The van der Waals surface area contributed by atoms with Crippen LogP contribution >= 0.6 is 23.1 Å². The molecule has 8 nitrogen and oxygen atoms in total. The van der Waals surface area contributed by atoms with E-state index in [9.17, 15) is 14.4 Å². The van der Waals surface area contributed by atoms with Gasteiger partial charge in [-0.1, -0.05) is 26.5 Å². The molecule has 164 valence electrons. The normalized spacial score (nSPS) is 20.2. The lowest BCUT2D eigenvalue weighted by atomic mass is 10.0. The molecule has 1 aliphatic rings. The van der Waals surface area contributed by atoms with E-state index in [1.807, 2.05) is 19.2 Å². The lowest BCUT2D eigenvalue weighted by Crippen LogP contribution is -2.48. The molecule has 0 spiro atoms. The smallest absolute Gasteiger partial charge is 0.293 e. The lowest BCUT2D eigenvalue weighted by molar-refractivity contribution is -0.134. The number of aromatic nitrogens is 1. The molecule has 2 N–H and O–H groups in total. The molecule has 0 aromatic carbocycles. The summed E-state index contributed by atoms with van der Waals surface area (Å²) >= 11 is 2.91. The van der Waals surface area contributed by atoms with Crippen LogP contribution in [0.4, 0.5) is 0 Å². The van der Waals surface area contributed by atoms with Gasteiger partial charge in [0.05, 0.1) is 13.0 Å². The molecule has 0 saturated heterocycles. The Morgan fingerprint density at radius 2 is 2.13 bits per heavy atom. The Bertz CT molecular complexity index is 823. The molecule has 30 heavy (non-hydrogen) atoms. The highest BCUT2D eigenvalue weighted by atomic mass is 32.2. The van der Waals surface area contributed by atoms with Crippen molar-refractivity contribution in [3.8, 4) is 0 Å². The van der Waals surface area contributed by atoms with E-state index in [-0.39, 0.29) is 30.8 Å². The van der Waals surface area contributed by atoms with Gasteiger partial charge in [-0.2, -0.15) is 0 Å². The molecule has 0 aliphatic carbocycles. The SMILES string of the molecule is C=CC(CC(=O)NCc1nc(C2=N[C@](C)(C(=O)N[C@H](C)C(C)C)CS2)cs1)OC=O. The van der Waals surface area contributed by atoms with Gasteiger partial charge in [-0.25, -0.2) is 4.98 Å². The zero-order valence-electron chi connectivity index (χ0n) is 17.6. The number of thiazole rings is 1. The molecule has 0 radical (unpaired) electrons. The molecule has 0 bridgehead atoms. The third kappa shape index (κ3) is 6.40. The zero-order chi connectivity index (χ0) is 22.3. The number of hydrogen-bond donors (Lipinski definition) is 2. The average Bonchev–Trinajstić information content (AvgIpc) is 3.33. The number of amides is 2. The van der Waals surface area contributed by atoms with E-state index in [1.54, 1.807) is 0 Å². The van der Waals surface area contributed by atoms with Gasteiger partial charge in [0.1, 0.15) is 27.4 Å². The van der Waals surface area contributed by atoms with E-state index in [1.165, 1.54) is 29.2 Å². The van der Waals surface area contributed by atoms with Crippen molar-refractivity contribution in [2.24, 2.45) is 10.9 Å². The van der Waals surface area contributed by atoms with Crippen molar-refractivity contribution >= 4 is 46.4 Å². The quantitative estimate of drug-likeness (QED) is 0.394. The molecule has 1 aliphatic heterocycles. The highest BCUT2D eigenvalue weighted by Crippen LogP contribution is 2.31. The number of carbonyl (C=O) groups excluding carboxylic acids is 3. The fraction of sp³-hybridized carbons (Fsp3) is 0.550. The third-order valence-electron chi connectivity index (χ3n) is 4.77. The summed E-state index contributed by atoms with van der Waals surface area (Å²) in [4.78, 5) is 44.2. The maximum atomic E-state index is 12.7. The van der Waals surface area contributed by atoms with Gasteiger partial charge >= 0.3 is 0 Å². The van der Waals surface area contributed by atoms with Gasteiger partial charge in [-0.15, -0.1) is 23.1 Å². The standard InChI is InChI=1S/C20H28N4O4S2/c1-6-14(28-11-25)7-16(26)21-8-17-23-15(9-29-17)18-24-20(5,10-30-18)19(27)22-13(4)12(2)3/h6,9,11-14H,1,7-8,10H2,2-5H3,(H,21,26)(H,22,27)/t13-,14?,20+/m1/s1. The molecular weight excluding hydrogens is 424 g/mol. The monoisotopic (exact) mass is 452 g/mol. The Hall–Kier alpha value is -2.20. The highest BCUT2D eigenvalue weighted by molar-refractivity contribution is 8.14. The first-order valence-electron chi connectivity index (χ1n) is 9.65. The minimum atomic E-state index is -0.820. The summed E-state index contributed by atoms with van der Waals surface area (Å²) in [7, 11) is 0. The Morgan fingerprint density at radius 3 is 2.77 bits per heavy atom. The number of aliphatic imine (C=N–C) groups is 1. The van der Waals surface area contributed by atoms with Crippen LogP contribution in [0.25, 0.3) is 0 Å². The number of thioether (sulfide) groups is 1. The molecule has 2 heterocycles. The van der Waals surface area contributed by atoms with Gasteiger partial charge in [0.25, 0.3) is 6.47 Å². The molecule has 1 unspecified atom stereocenters. The Labute approximate surface area is 185 Å².